The molecule has 1 aromatic heterocycles. The van der Waals surface area contributed by atoms with E-state index in [9.17, 15) is 14.7 Å². The fourth-order valence-corrected chi connectivity index (χ4v) is 7.31. The SMILES string of the molecule is COc1ccccc1CNc1cnn(C23C[C@H]4C[C@@H](CC(CC(=O)O)(C4)C2)C3)c(=O)c1Cl. The third-order valence-electron chi connectivity index (χ3n) is 7.71. The minimum absolute atomic E-state index is 0.123. The summed E-state index contributed by atoms with van der Waals surface area (Å²) in [7, 11) is 1.62. The summed E-state index contributed by atoms with van der Waals surface area (Å²) < 4.78 is 6.97. The fourth-order valence-electron chi connectivity index (χ4n) is 7.11. The Hall–Kier alpha value is -2.54. The number of halogens is 1. The van der Waals surface area contributed by atoms with E-state index in [1.54, 1.807) is 18.0 Å². The minimum Gasteiger partial charge on any atom is -0.496 e. The van der Waals surface area contributed by atoms with Crippen molar-refractivity contribution in [1.29, 1.82) is 0 Å². The molecule has 0 aliphatic heterocycles. The number of hydrogen-bond acceptors (Lipinski definition) is 5. The Balaban J connectivity index is 1.43. The predicted octanol–water partition coefficient (Wildman–Crippen LogP) is 4.29. The number of nitrogens with zero attached hydrogens (tertiary/aromatic N) is 2. The van der Waals surface area contributed by atoms with Gasteiger partial charge in [0.2, 0.25) is 0 Å². The van der Waals surface area contributed by atoms with E-state index in [1.165, 1.54) is 0 Å². The Kier molecular flexibility index (Phi) is 5.19. The zero-order valence-corrected chi connectivity index (χ0v) is 18.9. The lowest BCUT2D eigenvalue weighted by atomic mass is 9.46. The van der Waals surface area contributed by atoms with Crippen molar-refractivity contribution in [2.45, 2.75) is 57.0 Å². The highest BCUT2D eigenvalue weighted by Gasteiger charge is 2.59. The summed E-state index contributed by atoms with van der Waals surface area (Å²) in [6, 6.07) is 7.67. The number of hydrogen-bond donors (Lipinski definition) is 2. The monoisotopic (exact) mass is 457 g/mol. The van der Waals surface area contributed by atoms with Gasteiger partial charge in [0.1, 0.15) is 10.8 Å². The number of aliphatic carboxylic acids is 1. The molecule has 4 bridgehead atoms. The summed E-state index contributed by atoms with van der Waals surface area (Å²) >= 11 is 6.54. The number of carboxylic acids is 1. The summed E-state index contributed by atoms with van der Waals surface area (Å²) in [5.74, 6) is 0.906. The molecule has 170 valence electrons. The molecular formula is C24H28ClN3O4. The molecule has 0 saturated heterocycles. The quantitative estimate of drug-likeness (QED) is 0.644. The highest BCUT2D eigenvalue weighted by atomic mass is 35.5. The van der Waals surface area contributed by atoms with Gasteiger partial charge in [-0.3, -0.25) is 9.59 Å². The van der Waals surface area contributed by atoms with E-state index >= 15 is 0 Å². The molecule has 1 heterocycles. The lowest BCUT2D eigenvalue weighted by molar-refractivity contribution is -0.151. The number of anilines is 1. The number of benzene rings is 1. The molecule has 4 aliphatic rings. The zero-order chi connectivity index (χ0) is 22.5. The molecule has 4 aliphatic carbocycles. The Morgan fingerprint density at radius 3 is 2.69 bits per heavy atom. The number of carbonyl (C=O) groups is 1. The third-order valence-corrected chi connectivity index (χ3v) is 8.07. The van der Waals surface area contributed by atoms with Gasteiger partial charge in [0.05, 0.1) is 31.0 Å². The molecule has 4 saturated carbocycles. The molecular weight excluding hydrogens is 430 g/mol. The first-order chi connectivity index (χ1) is 15.3. The number of nitrogens with one attached hydrogen (secondary N) is 1. The maximum atomic E-state index is 13.4. The molecule has 7 nitrogen and oxygen atoms in total. The summed E-state index contributed by atoms with van der Waals surface area (Å²) in [6.45, 7) is 0.450. The molecule has 1 aromatic carbocycles. The second-order valence-electron chi connectivity index (χ2n) is 10.0. The normalized spacial score (nSPS) is 30.3. The summed E-state index contributed by atoms with van der Waals surface area (Å²) in [6.07, 6.45) is 7.26. The van der Waals surface area contributed by atoms with E-state index < -0.39 is 11.5 Å². The Morgan fingerprint density at radius 1 is 1.28 bits per heavy atom. The van der Waals surface area contributed by atoms with Crippen molar-refractivity contribution in [3.8, 4) is 5.75 Å². The number of rotatable bonds is 7. The average Bonchev–Trinajstić information content (AvgIpc) is 2.73. The van der Waals surface area contributed by atoms with Gasteiger partial charge in [0.25, 0.3) is 5.56 Å². The molecule has 2 atom stereocenters. The smallest absolute Gasteiger partial charge is 0.303 e. The topological polar surface area (TPSA) is 93.4 Å². The molecule has 0 amide bonds. The van der Waals surface area contributed by atoms with Gasteiger partial charge >= 0.3 is 5.97 Å². The van der Waals surface area contributed by atoms with Crippen LogP contribution in [-0.4, -0.2) is 28.0 Å². The largest absolute Gasteiger partial charge is 0.496 e. The first-order valence-corrected chi connectivity index (χ1v) is 11.6. The van der Waals surface area contributed by atoms with Crippen LogP contribution in [0.3, 0.4) is 0 Å². The van der Waals surface area contributed by atoms with Crippen LogP contribution in [-0.2, 0) is 16.9 Å². The molecule has 4 fully saturated rings. The second-order valence-corrected chi connectivity index (χ2v) is 10.4. The van der Waals surface area contributed by atoms with Gasteiger partial charge in [-0.05, 0) is 61.8 Å². The Labute approximate surface area is 191 Å². The van der Waals surface area contributed by atoms with Crippen molar-refractivity contribution in [3.63, 3.8) is 0 Å². The third kappa shape index (κ3) is 3.56. The van der Waals surface area contributed by atoms with Crippen LogP contribution in [0, 0.1) is 17.3 Å². The Morgan fingerprint density at radius 2 is 2.00 bits per heavy atom. The molecule has 2 aromatic rings. The van der Waals surface area contributed by atoms with E-state index in [-0.39, 0.29) is 22.4 Å². The molecule has 2 N–H and O–H groups in total. The summed E-state index contributed by atoms with van der Waals surface area (Å²) in [5.41, 5.74) is 0.478. The molecule has 8 heteroatoms. The van der Waals surface area contributed by atoms with Crippen LogP contribution in [0.5, 0.6) is 5.75 Å². The standard InChI is InChI=1S/C24H28ClN3O4/c1-32-19-5-3-2-4-17(19)12-26-18-13-27-28(22(31)21(18)25)24-9-15-6-16(10-24)8-23(7-15,14-24)11-20(29)30/h2-5,13,15-16,26H,6-12,14H2,1H3,(H,29,30)/t15-,16-,23?,24?/m0/s1. The lowest BCUT2D eigenvalue weighted by Gasteiger charge is -2.61. The molecule has 32 heavy (non-hydrogen) atoms. The van der Waals surface area contributed by atoms with Gasteiger partial charge in [-0.25, -0.2) is 4.68 Å². The van der Waals surface area contributed by atoms with Crippen LogP contribution < -0.4 is 15.6 Å². The van der Waals surface area contributed by atoms with E-state index in [0.717, 1.165) is 43.4 Å². The maximum absolute atomic E-state index is 13.4. The first kappa shape index (κ1) is 21.3. The Bertz CT molecular complexity index is 1100. The van der Waals surface area contributed by atoms with Crippen molar-refractivity contribution < 1.29 is 14.6 Å². The second kappa shape index (κ2) is 7.80. The molecule has 6 rings (SSSR count). The highest BCUT2D eigenvalue weighted by molar-refractivity contribution is 6.32. The maximum Gasteiger partial charge on any atom is 0.303 e. The first-order valence-electron chi connectivity index (χ1n) is 11.2. The van der Waals surface area contributed by atoms with Gasteiger partial charge in [-0.15, -0.1) is 0 Å². The fraction of sp³-hybridized carbons (Fsp3) is 0.542. The minimum atomic E-state index is -0.753. The number of ether oxygens (including phenoxy) is 1. The summed E-state index contributed by atoms with van der Waals surface area (Å²) in [4.78, 5) is 25.0. The van der Waals surface area contributed by atoms with E-state index in [1.807, 2.05) is 24.3 Å². The lowest BCUT2D eigenvalue weighted by Crippen LogP contribution is -2.59. The predicted molar refractivity (Wildman–Crippen MR) is 121 cm³/mol. The van der Waals surface area contributed by atoms with E-state index in [2.05, 4.69) is 10.4 Å². The van der Waals surface area contributed by atoms with E-state index in [4.69, 9.17) is 16.3 Å². The van der Waals surface area contributed by atoms with Crippen LogP contribution in [0.15, 0.2) is 35.3 Å². The van der Waals surface area contributed by atoms with Crippen LogP contribution in [0.4, 0.5) is 5.69 Å². The zero-order valence-electron chi connectivity index (χ0n) is 18.1. The number of para-hydroxylation sites is 1. The number of carboxylic acid groups (broad SMARTS) is 1. The van der Waals surface area contributed by atoms with Crippen LogP contribution in [0.2, 0.25) is 5.02 Å². The van der Waals surface area contributed by atoms with E-state index in [0.29, 0.717) is 30.5 Å². The van der Waals surface area contributed by atoms with Crippen molar-refractivity contribution in [2.24, 2.45) is 17.3 Å². The van der Waals surface area contributed by atoms with Gasteiger partial charge in [-0.2, -0.15) is 5.10 Å². The summed E-state index contributed by atoms with van der Waals surface area (Å²) in [5, 5.41) is 17.4. The molecule has 0 unspecified atom stereocenters. The van der Waals surface area contributed by atoms with Crippen LogP contribution in [0.1, 0.15) is 50.5 Å². The average molecular weight is 458 g/mol. The van der Waals surface area contributed by atoms with Gasteiger partial charge in [-0.1, -0.05) is 29.8 Å². The van der Waals surface area contributed by atoms with Crippen LogP contribution in [0.25, 0.3) is 0 Å². The van der Waals surface area contributed by atoms with Gasteiger partial charge in [0, 0.05) is 12.1 Å². The molecule has 0 spiro atoms. The highest BCUT2D eigenvalue weighted by Crippen LogP contribution is 2.65. The van der Waals surface area contributed by atoms with Gasteiger partial charge in [0.15, 0.2) is 0 Å². The van der Waals surface area contributed by atoms with Crippen molar-refractivity contribution >= 4 is 23.3 Å². The van der Waals surface area contributed by atoms with Crippen LogP contribution >= 0.6 is 11.6 Å². The number of aromatic nitrogens is 2. The van der Waals surface area contributed by atoms with Crippen molar-refractivity contribution in [2.75, 3.05) is 12.4 Å². The van der Waals surface area contributed by atoms with Gasteiger partial charge < -0.3 is 15.2 Å². The number of methoxy groups -OCH3 is 1. The van der Waals surface area contributed by atoms with Crippen molar-refractivity contribution in [1.82, 2.24) is 9.78 Å². The molecule has 0 radical (unpaired) electrons. The van der Waals surface area contributed by atoms with Crippen molar-refractivity contribution in [3.05, 3.63) is 51.4 Å².